The highest BCUT2D eigenvalue weighted by molar-refractivity contribution is 7.22. The van der Waals surface area contributed by atoms with Crippen LogP contribution >= 0.6 is 11.3 Å². The van der Waals surface area contributed by atoms with E-state index in [4.69, 9.17) is 4.74 Å². The number of halogens is 3. The Morgan fingerprint density at radius 1 is 1.27 bits per heavy atom. The zero-order valence-electron chi connectivity index (χ0n) is 13.0. The molecule has 9 heteroatoms. The molecule has 0 fully saturated rings. The predicted octanol–water partition coefficient (Wildman–Crippen LogP) is 4.31. The Morgan fingerprint density at radius 2 is 2.08 bits per heavy atom. The van der Waals surface area contributed by atoms with E-state index in [1.807, 2.05) is 18.2 Å². The van der Waals surface area contributed by atoms with Gasteiger partial charge in [-0.2, -0.15) is 0 Å². The van der Waals surface area contributed by atoms with Gasteiger partial charge < -0.3 is 14.8 Å². The average molecular weight is 380 g/mol. The van der Waals surface area contributed by atoms with Gasteiger partial charge in [-0.05, 0) is 18.2 Å². The quantitative estimate of drug-likeness (QED) is 0.736. The molecular formula is C17H11F3N2O3S. The van der Waals surface area contributed by atoms with Gasteiger partial charge in [0.05, 0.1) is 10.2 Å². The van der Waals surface area contributed by atoms with Crippen LogP contribution in [0.25, 0.3) is 10.2 Å². The maximum absolute atomic E-state index is 12.5. The summed E-state index contributed by atoms with van der Waals surface area (Å²) in [7, 11) is 0. The van der Waals surface area contributed by atoms with Crippen LogP contribution in [-0.4, -0.2) is 23.9 Å². The minimum absolute atomic E-state index is 0.236. The lowest BCUT2D eigenvalue weighted by atomic mass is 10.0. The van der Waals surface area contributed by atoms with Crippen molar-refractivity contribution in [3.05, 3.63) is 48.0 Å². The molecule has 1 atom stereocenters. The predicted molar refractivity (Wildman–Crippen MR) is 89.6 cm³/mol. The van der Waals surface area contributed by atoms with Crippen LogP contribution in [0.4, 0.5) is 18.3 Å². The number of para-hydroxylation sites is 1. The maximum Gasteiger partial charge on any atom is 0.573 e. The molecule has 2 aromatic carbocycles. The molecule has 0 unspecified atom stereocenters. The minimum Gasteiger partial charge on any atom is -0.492 e. The first-order valence-corrected chi connectivity index (χ1v) is 8.40. The molecule has 3 aromatic rings. The van der Waals surface area contributed by atoms with Crippen molar-refractivity contribution >= 4 is 32.6 Å². The van der Waals surface area contributed by atoms with E-state index >= 15 is 0 Å². The van der Waals surface area contributed by atoms with Crippen molar-refractivity contribution in [1.82, 2.24) is 4.98 Å². The van der Waals surface area contributed by atoms with Crippen molar-refractivity contribution in [2.75, 3.05) is 11.9 Å². The molecular weight excluding hydrogens is 369 g/mol. The Kier molecular flexibility index (Phi) is 3.95. The molecule has 0 bridgehead atoms. The second kappa shape index (κ2) is 6.17. The topological polar surface area (TPSA) is 60.5 Å². The van der Waals surface area contributed by atoms with E-state index in [0.717, 1.165) is 16.9 Å². The summed E-state index contributed by atoms with van der Waals surface area (Å²) >= 11 is 1.07. The second-order valence-electron chi connectivity index (χ2n) is 5.59. The second-order valence-corrected chi connectivity index (χ2v) is 6.62. The Morgan fingerprint density at radius 3 is 2.88 bits per heavy atom. The van der Waals surface area contributed by atoms with Crippen molar-refractivity contribution in [2.45, 2.75) is 12.3 Å². The van der Waals surface area contributed by atoms with Gasteiger partial charge in [-0.15, -0.1) is 13.2 Å². The summed E-state index contributed by atoms with van der Waals surface area (Å²) in [4.78, 5) is 16.7. The highest BCUT2D eigenvalue weighted by Gasteiger charge is 2.32. The van der Waals surface area contributed by atoms with Gasteiger partial charge in [0, 0.05) is 11.6 Å². The van der Waals surface area contributed by atoms with E-state index in [9.17, 15) is 18.0 Å². The lowest BCUT2D eigenvalue weighted by molar-refractivity contribution is -0.274. The lowest BCUT2D eigenvalue weighted by Gasteiger charge is -2.07. The van der Waals surface area contributed by atoms with Crippen molar-refractivity contribution in [2.24, 2.45) is 0 Å². The Balaban J connectivity index is 1.53. The zero-order valence-corrected chi connectivity index (χ0v) is 13.9. The van der Waals surface area contributed by atoms with Gasteiger partial charge in [0.25, 0.3) is 0 Å². The van der Waals surface area contributed by atoms with Gasteiger partial charge in [-0.25, -0.2) is 4.98 Å². The lowest BCUT2D eigenvalue weighted by Crippen LogP contribution is -2.22. The van der Waals surface area contributed by atoms with Crippen LogP contribution in [0.15, 0.2) is 42.5 Å². The number of carbonyl (C=O) groups excluding carboxylic acids is 1. The molecule has 1 aliphatic heterocycles. The highest BCUT2D eigenvalue weighted by Crippen LogP contribution is 2.36. The summed E-state index contributed by atoms with van der Waals surface area (Å²) in [6.45, 7) is 0.236. The molecule has 26 heavy (non-hydrogen) atoms. The van der Waals surface area contributed by atoms with E-state index in [-0.39, 0.29) is 18.3 Å². The molecule has 0 aliphatic carbocycles. The number of hydrogen-bond donors (Lipinski definition) is 1. The van der Waals surface area contributed by atoms with E-state index < -0.39 is 12.3 Å². The van der Waals surface area contributed by atoms with Gasteiger partial charge in [-0.3, -0.25) is 4.79 Å². The molecule has 1 N–H and O–H groups in total. The number of carbonyl (C=O) groups is 1. The number of aromatic nitrogens is 1. The number of nitrogens with zero attached hydrogens (tertiary/aromatic N) is 1. The van der Waals surface area contributed by atoms with Crippen LogP contribution in [0, 0.1) is 0 Å². The molecule has 1 amide bonds. The van der Waals surface area contributed by atoms with Crippen molar-refractivity contribution in [3.8, 4) is 11.5 Å². The third-order valence-corrected chi connectivity index (χ3v) is 4.77. The summed E-state index contributed by atoms with van der Waals surface area (Å²) in [6.07, 6.45) is -4.76. The molecule has 0 saturated heterocycles. The number of nitrogens with one attached hydrogen (secondary N) is 1. The molecule has 0 spiro atoms. The molecule has 0 saturated carbocycles. The number of fused-ring (bicyclic) bond motifs is 2. The first-order chi connectivity index (χ1) is 12.4. The SMILES string of the molecule is O=C(Nc1nc2ccc(OC(F)(F)F)cc2s1)[C@H]1COc2ccccc21. The van der Waals surface area contributed by atoms with Gasteiger partial charge in [0.15, 0.2) is 5.13 Å². The van der Waals surface area contributed by atoms with Crippen LogP contribution in [0.3, 0.4) is 0 Å². The van der Waals surface area contributed by atoms with Crippen LogP contribution < -0.4 is 14.8 Å². The number of anilines is 1. The van der Waals surface area contributed by atoms with E-state index in [0.29, 0.717) is 21.1 Å². The Labute approximate surface area is 149 Å². The van der Waals surface area contributed by atoms with E-state index in [1.165, 1.54) is 18.2 Å². The van der Waals surface area contributed by atoms with Gasteiger partial charge >= 0.3 is 6.36 Å². The van der Waals surface area contributed by atoms with Gasteiger partial charge in [-0.1, -0.05) is 29.5 Å². The normalized spacial score (nSPS) is 16.2. The summed E-state index contributed by atoms with van der Waals surface area (Å²) in [6, 6.07) is 11.1. The highest BCUT2D eigenvalue weighted by atomic mass is 32.1. The molecule has 1 aliphatic rings. The number of alkyl halides is 3. The minimum atomic E-state index is -4.76. The fourth-order valence-electron chi connectivity index (χ4n) is 2.73. The number of benzene rings is 2. The van der Waals surface area contributed by atoms with Crippen LogP contribution in [0.1, 0.15) is 11.5 Å². The molecule has 5 nitrogen and oxygen atoms in total. The van der Waals surface area contributed by atoms with Crippen molar-refractivity contribution < 1.29 is 27.4 Å². The van der Waals surface area contributed by atoms with Gasteiger partial charge in [0.2, 0.25) is 5.91 Å². The summed E-state index contributed by atoms with van der Waals surface area (Å²) in [5, 5.41) is 3.01. The van der Waals surface area contributed by atoms with Crippen molar-refractivity contribution in [3.63, 3.8) is 0 Å². The Bertz CT molecular complexity index is 987. The fourth-order valence-corrected chi connectivity index (χ4v) is 3.62. The number of ether oxygens (including phenoxy) is 2. The molecule has 0 radical (unpaired) electrons. The van der Waals surface area contributed by atoms with E-state index in [1.54, 1.807) is 6.07 Å². The summed E-state index contributed by atoms with van der Waals surface area (Å²) < 4.78 is 46.8. The monoisotopic (exact) mass is 380 g/mol. The smallest absolute Gasteiger partial charge is 0.492 e. The first kappa shape index (κ1) is 16.6. The molecule has 134 valence electrons. The third-order valence-electron chi connectivity index (χ3n) is 3.84. The largest absolute Gasteiger partial charge is 0.573 e. The summed E-state index contributed by atoms with van der Waals surface area (Å²) in [5.41, 5.74) is 1.27. The molecule has 1 aromatic heterocycles. The third kappa shape index (κ3) is 3.30. The van der Waals surface area contributed by atoms with Crippen molar-refractivity contribution in [1.29, 1.82) is 0 Å². The Hall–Kier alpha value is -2.81. The summed E-state index contributed by atoms with van der Waals surface area (Å²) in [5.74, 6) is -0.390. The average Bonchev–Trinajstić information content (AvgIpc) is 3.16. The maximum atomic E-state index is 12.5. The van der Waals surface area contributed by atoms with Crippen LogP contribution in [0.5, 0.6) is 11.5 Å². The van der Waals surface area contributed by atoms with Crippen LogP contribution in [0.2, 0.25) is 0 Å². The molecule has 4 rings (SSSR count). The first-order valence-electron chi connectivity index (χ1n) is 7.58. The number of hydrogen-bond acceptors (Lipinski definition) is 5. The molecule has 2 heterocycles. The fraction of sp³-hybridized carbons (Fsp3) is 0.176. The van der Waals surface area contributed by atoms with Gasteiger partial charge in [0.1, 0.15) is 24.0 Å². The number of amides is 1. The number of rotatable bonds is 3. The number of thiazole rings is 1. The standard InChI is InChI=1S/C17H11F3N2O3S/c18-17(19,20)25-9-5-6-12-14(7-9)26-16(21-12)22-15(23)11-8-24-13-4-2-1-3-10(11)13/h1-7,11H,8H2,(H,21,22,23)/t11-/m0/s1. The van der Waals surface area contributed by atoms with Crippen LogP contribution in [-0.2, 0) is 4.79 Å². The van der Waals surface area contributed by atoms with E-state index in [2.05, 4.69) is 15.0 Å². The zero-order chi connectivity index (χ0) is 18.3.